The minimum Gasteiger partial charge on any atom is -0.478 e. The van der Waals surface area contributed by atoms with Gasteiger partial charge >= 0.3 is 0 Å². The average molecular weight is 484 g/mol. The van der Waals surface area contributed by atoms with Gasteiger partial charge in [0.1, 0.15) is 11.9 Å². The summed E-state index contributed by atoms with van der Waals surface area (Å²) in [5.41, 5.74) is 2.09. The molecule has 1 N–H and O–H groups in total. The average Bonchev–Trinajstić information content (AvgIpc) is 3.54. The summed E-state index contributed by atoms with van der Waals surface area (Å²) < 4.78 is 5.89. The molecule has 2 unspecified atom stereocenters. The third kappa shape index (κ3) is 5.87. The Kier molecular flexibility index (Phi) is 8.05. The van der Waals surface area contributed by atoms with Gasteiger partial charge < -0.3 is 19.9 Å². The van der Waals surface area contributed by atoms with Crippen molar-refractivity contribution in [2.45, 2.75) is 62.6 Å². The zero-order chi connectivity index (χ0) is 24.1. The molecular formula is C26H37N5O2S. The molecule has 0 radical (unpaired) electrons. The summed E-state index contributed by atoms with van der Waals surface area (Å²) in [6, 6.07) is 10.8. The quantitative estimate of drug-likeness (QED) is 0.546. The first-order valence-electron chi connectivity index (χ1n) is 12.5. The van der Waals surface area contributed by atoms with Crippen molar-refractivity contribution < 1.29 is 9.53 Å². The van der Waals surface area contributed by atoms with Crippen molar-refractivity contribution in [2.75, 3.05) is 44.6 Å². The van der Waals surface area contributed by atoms with Gasteiger partial charge in [0.15, 0.2) is 5.90 Å². The second kappa shape index (κ2) is 11.0. The highest BCUT2D eigenvalue weighted by molar-refractivity contribution is 8.01. The maximum absolute atomic E-state index is 13.2. The van der Waals surface area contributed by atoms with Gasteiger partial charge in [-0.1, -0.05) is 12.1 Å². The van der Waals surface area contributed by atoms with Gasteiger partial charge in [0.2, 0.25) is 5.91 Å². The fourth-order valence-electron chi connectivity index (χ4n) is 4.95. The number of nitrogens with zero attached hydrogens (tertiary/aromatic N) is 4. The Balaban J connectivity index is 1.39. The first kappa shape index (κ1) is 24.9. The molecular weight excluding hydrogens is 446 g/mol. The van der Waals surface area contributed by atoms with E-state index in [-0.39, 0.29) is 34.4 Å². The number of amides is 1. The highest BCUT2D eigenvalue weighted by Crippen LogP contribution is 2.39. The lowest BCUT2D eigenvalue weighted by atomic mass is 10.0. The summed E-state index contributed by atoms with van der Waals surface area (Å²) >= 11 is 1.63. The van der Waals surface area contributed by atoms with Crippen LogP contribution in [0.5, 0.6) is 0 Å². The molecule has 0 saturated carbocycles. The highest BCUT2D eigenvalue weighted by Gasteiger charge is 2.46. The molecule has 3 heterocycles. The number of ether oxygens (including phenoxy) is 1. The third-order valence-corrected chi connectivity index (χ3v) is 8.36. The van der Waals surface area contributed by atoms with E-state index in [1.165, 1.54) is 31.5 Å². The van der Waals surface area contributed by atoms with E-state index in [1.54, 1.807) is 11.8 Å². The minimum absolute atomic E-state index is 0.121. The smallest absolute Gasteiger partial charge is 0.238 e. The molecule has 7 nitrogen and oxygen atoms in total. The van der Waals surface area contributed by atoms with E-state index in [0.717, 1.165) is 18.7 Å². The lowest BCUT2D eigenvalue weighted by Crippen LogP contribution is -2.41. The van der Waals surface area contributed by atoms with Gasteiger partial charge in [-0.15, -0.1) is 11.8 Å². The van der Waals surface area contributed by atoms with Crippen LogP contribution in [0.15, 0.2) is 29.3 Å². The van der Waals surface area contributed by atoms with Crippen LogP contribution in [0, 0.1) is 17.2 Å². The number of thioether (sulfide) groups is 1. The SMILES string of the molecule is CCN1C(=O)C(CNc2cccc(CCN3CCCC3)c2)S[C@H]1C(CC#N)C1=NC(C)(C)CO1. The number of hydrogen-bond acceptors (Lipinski definition) is 7. The molecule has 4 rings (SSSR count). The van der Waals surface area contributed by atoms with Crippen LogP contribution in [0.25, 0.3) is 0 Å². The lowest BCUT2D eigenvalue weighted by Gasteiger charge is -2.28. The molecule has 3 aliphatic rings. The Morgan fingerprint density at radius 2 is 2.15 bits per heavy atom. The van der Waals surface area contributed by atoms with Gasteiger partial charge in [0.05, 0.1) is 22.9 Å². The number of anilines is 1. The van der Waals surface area contributed by atoms with Crippen LogP contribution in [0.2, 0.25) is 0 Å². The van der Waals surface area contributed by atoms with Crippen LogP contribution < -0.4 is 5.32 Å². The number of hydrogen-bond donors (Lipinski definition) is 1. The van der Waals surface area contributed by atoms with E-state index in [2.05, 4.69) is 40.6 Å². The second-order valence-electron chi connectivity index (χ2n) is 10.0. The highest BCUT2D eigenvalue weighted by atomic mass is 32.2. The molecule has 8 heteroatoms. The Morgan fingerprint density at radius 1 is 1.35 bits per heavy atom. The number of rotatable bonds is 10. The Bertz CT molecular complexity index is 937. The van der Waals surface area contributed by atoms with Gasteiger partial charge in [-0.25, -0.2) is 4.99 Å². The first-order chi connectivity index (χ1) is 16.4. The maximum atomic E-state index is 13.2. The van der Waals surface area contributed by atoms with Crippen LogP contribution in [0.4, 0.5) is 5.69 Å². The molecule has 1 amide bonds. The number of benzene rings is 1. The molecule has 0 aliphatic carbocycles. The fraction of sp³-hybridized carbons (Fsp3) is 0.654. The standard InChI is InChI=1S/C26H37N5O2S/c1-4-31-24(32)22(34-25(31)21(10-12-27)23-29-26(2,3)18-33-23)17-28-20-9-7-8-19(16-20)11-15-30-13-5-6-14-30/h7-9,16,21-22,25,28H,4-6,10-11,13-15,17-18H2,1-3H3/t21?,22?,25-/m0/s1. The lowest BCUT2D eigenvalue weighted by molar-refractivity contribution is -0.129. The van der Waals surface area contributed by atoms with Crippen molar-refractivity contribution in [1.82, 2.24) is 9.80 Å². The Morgan fingerprint density at radius 3 is 2.82 bits per heavy atom. The zero-order valence-corrected chi connectivity index (χ0v) is 21.4. The predicted molar refractivity (Wildman–Crippen MR) is 138 cm³/mol. The molecule has 184 valence electrons. The summed E-state index contributed by atoms with van der Waals surface area (Å²) in [7, 11) is 0. The van der Waals surface area contributed by atoms with E-state index in [9.17, 15) is 10.1 Å². The van der Waals surface area contributed by atoms with Crippen molar-refractivity contribution in [3.8, 4) is 6.07 Å². The molecule has 2 fully saturated rings. The molecule has 3 aliphatic heterocycles. The zero-order valence-electron chi connectivity index (χ0n) is 20.6. The number of carbonyl (C=O) groups is 1. The van der Waals surface area contributed by atoms with Crippen LogP contribution in [-0.4, -0.2) is 77.1 Å². The number of nitriles is 1. The van der Waals surface area contributed by atoms with Crippen molar-refractivity contribution >= 4 is 29.3 Å². The summed E-state index contributed by atoms with van der Waals surface area (Å²) in [5, 5.41) is 12.6. The Hall–Kier alpha value is -2.24. The van der Waals surface area contributed by atoms with Crippen molar-refractivity contribution in [3.05, 3.63) is 29.8 Å². The normalized spacial score (nSPS) is 25.2. The van der Waals surface area contributed by atoms with Crippen molar-refractivity contribution in [1.29, 1.82) is 5.26 Å². The predicted octanol–water partition coefficient (Wildman–Crippen LogP) is 3.76. The van der Waals surface area contributed by atoms with E-state index in [0.29, 0.717) is 25.6 Å². The summed E-state index contributed by atoms with van der Waals surface area (Å²) in [6.07, 6.45) is 3.97. The number of carbonyl (C=O) groups excluding carboxylic acids is 1. The molecule has 3 atom stereocenters. The van der Waals surface area contributed by atoms with Gasteiger partial charge in [0.25, 0.3) is 0 Å². The Labute approximate surface area is 207 Å². The van der Waals surface area contributed by atoms with Gasteiger partial charge in [-0.05, 0) is 70.8 Å². The number of aliphatic imine (C=N–C) groups is 1. The molecule has 1 aromatic carbocycles. The van der Waals surface area contributed by atoms with E-state index >= 15 is 0 Å². The largest absolute Gasteiger partial charge is 0.478 e. The minimum atomic E-state index is -0.284. The summed E-state index contributed by atoms with van der Waals surface area (Å²) in [6.45, 7) is 11.3. The van der Waals surface area contributed by atoms with E-state index in [4.69, 9.17) is 9.73 Å². The van der Waals surface area contributed by atoms with Gasteiger partial charge in [-0.3, -0.25) is 4.79 Å². The molecule has 0 spiro atoms. The monoisotopic (exact) mass is 483 g/mol. The third-order valence-electron chi connectivity index (χ3n) is 6.80. The fourth-order valence-corrected chi connectivity index (χ4v) is 6.52. The summed E-state index contributed by atoms with van der Waals surface area (Å²) in [4.78, 5) is 22.4. The van der Waals surface area contributed by atoms with E-state index in [1.807, 2.05) is 25.7 Å². The van der Waals surface area contributed by atoms with Crippen LogP contribution >= 0.6 is 11.8 Å². The molecule has 0 bridgehead atoms. The van der Waals surface area contributed by atoms with Crippen LogP contribution in [0.3, 0.4) is 0 Å². The molecule has 34 heavy (non-hydrogen) atoms. The van der Waals surface area contributed by atoms with Gasteiger partial charge in [0, 0.05) is 31.7 Å². The second-order valence-corrected chi connectivity index (χ2v) is 11.4. The molecule has 2 saturated heterocycles. The van der Waals surface area contributed by atoms with Crippen molar-refractivity contribution in [2.24, 2.45) is 10.9 Å². The van der Waals surface area contributed by atoms with Crippen molar-refractivity contribution in [3.63, 3.8) is 0 Å². The van der Waals surface area contributed by atoms with Crippen LogP contribution in [0.1, 0.15) is 45.6 Å². The summed E-state index contributed by atoms with van der Waals surface area (Å²) in [5.74, 6) is 0.533. The van der Waals surface area contributed by atoms with Crippen LogP contribution in [-0.2, 0) is 16.0 Å². The van der Waals surface area contributed by atoms with E-state index < -0.39 is 0 Å². The molecule has 0 aromatic heterocycles. The maximum Gasteiger partial charge on any atom is 0.238 e. The molecule has 1 aromatic rings. The number of nitrogens with one attached hydrogen (secondary N) is 1. The first-order valence-corrected chi connectivity index (χ1v) is 13.4. The van der Waals surface area contributed by atoms with Gasteiger partial charge in [-0.2, -0.15) is 5.26 Å². The number of likely N-dealkylation sites (tertiary alicyclic amines) is 1. The topological polar surface area (TPSA) is 81.0 Å².